The van der Waals surface area contributed by atoms with Gasteiger partial charge < -0.3 is 10.1 Å². The van der Waals surface area contributed by atoms with Crippen molar-refractivity contribution in [3.8, 4) is 5.75 Å². The molecule has 2 nitrogen and oxygen atoms in total. The molecule has 0 aromatic heterocycles. The average Bonchev–Trinajstić information content (AvgIpc) is 2.83. The normalized spacial score (nSPS) is 24.2. The van der Waals surface area contributed by atoms with E-state index in [4.69, 9.17) is 4.74 Å². The molecule has 1 aromatic rings. The van der Waals surface area contributed by atoms with Gasteiger partial charge in [-0.1, -0.05) is 13.0 Å². The van der Waals surface area contributed by atoms with Crippen molar-refractivity contribution in [2.75, 3.05) is 6.54 Å². The zero-order valence-corrected chi connectivity index (χ0v) is 11.5. The fourth-order valence-corrected chi connectivity index (χ4v) is 3.47. The minimum absolute atomic E-state index is 0.0494. The predicted octanol–water partition coefficient (Wildman–Crippen LogP) is 3.96. The maximum atomic E-state index is 13.4. The number of benzene rings is 1. The summed E-state index contributed by atoms with van der Waals surface area (Å²) < 4.78 is 19.6. The van der Waals surface area contributed by atoms with Gasteiger partial charge in [-0.15, -0.1) is 0 Å². The summed E-state index contributed by atoms with van der Waals surface area (Å²) in [4.78, 5) is 0. The van der Waals surface area contributed by atoms with E-state index >= 15 is 0 Å². The summed E-state index contributed by atoms with van der Waals surface area (Å²) in [6, 6.07) is 5.27. The largest absolute Gasteiger partial charge is 0.487 e. The molecule has 104 valence electrons. The number of nitrogens with one attached hydrogen (secondary N) is 1. The van der Waals surface area contributed by atoms with Crippen LogP contribution in [0.2, 0.25) is 0 Å². The van der Waals surface area contributed by atoms with E-state index in [0.717, 1.165) is 43.5 Å². The number of hydrogen-bond donors (Lipinski definition) is 1. The lowest BCUT2D eigenvalue weighted by atomic mass is 9.86. The highest BCUT2D eigenvalue weighted by Crippen LogP contribution is 2.47. The van der Waals surface area contributed by atoms with Gasteiger partial charge in [0.05, 0.1) is 0 Å². The molecule has 1 saturated carbocycles. The monoisotopic (exact) mass is 263 g/mol. The lowest BCUT2D eigenvalue weighted by Crippen LogP contribution is -2.42. The van der Waals surface area contributed by atoms with Crippen molar-refractivity contribution >= 4 is 0 Å². The van der Waals surface area contributed by atoms with Crippen molar-refractivity contribution in [1.29, 1.82) is 0 Å². The number of halogens is 1. The summed E-state index contributed by atoms with van der Waals surface area (Å²) in [5.41, 5.74) is 1.07. The molecule has 1 N–H and O–H groups in total. The third kappa shape index (κ3) is 2.48. The van der Waals surface area contributed by atoms with Gasteiger partial charge in [-0.25, -0.2) is 4.39 Å². The number of hydrogen-bond acceptors (Lipinski definition) is 2. The molecule has 0 bridgehead atoms. The van der Waals surface area contributed by atoms with Crippen LogP contribution < -0.4 is 10.1 Å². The Bertz CT molecular complexity index is 454. The second kappa shape index (κ2) is 5.12. The molecule has 0 radical (unpaired) electrons. The number of rotatable bonds is 3. The highest BCUT2D eigenvalue weighted by atomic mass is 19.1. The third-order valence-corrected chi connectivity index (χ3v) is 4.41. The van der Waals surface area contributed by atoms with Gasteiger partial charge in [-0.2, -0.15) is 0 Å². The van der Waals surface area contributed by atoms with E-state index in [1.54, 1.807) is 6.07 Å². The first-order valence-electron chi connectivity index (χ1n) is 7.44. The molecule has 1 aliphatic heterocycles. The van der Waals surface area contributed by atoms with Gasteiger partial charge in [0, 0.05) is 24.1 Å². The Kier molecular flexibility index (Phi) is 3.48. The molecule has 1 heterocycles. The molecule has 19 heavy (non-hydrogen) atoms. The lowest BCUT2D eigenvalue weighted by molar-refractivity contribution is 0.0364. The van der Waals surface area contributed by atoms with Gasteiger partial charge >= 0.3 is 0 Å². The molecule has 3 heteroatoms. The van der Waals surface area contributed by atoms with E-state index in [-0.39, 0.29) is 11.4 Å². The number of fused-ring (bicyclic) bond motifs is 1. The minimum Gasteiger partial charge on any atom is -0.487 e. The lowest BCUT2D eigenvalue weighted by Gasteiger charge is -2.40. The van der Waals surface area contributed by atoms with Gasteiger partial charge in [0.25, 0.3) is 0 Å². The standard InChI is InChI=1S/C16H22FNO/c1-2-9-18-14-11-16(7-3-4-8-16)19-15-10-12(17)5-6-13(14)15/h5-6,10,14,18H,2-4,7-9,11H2,1H3. The zero-order valence-electron chi connectivity index (χ0n) is 11.5. The fraction of sp³-hybridized carbons (Fsp3) is 0.625. The first-order chi connectivity index (χ1) is 9.22. The van der Waals surface area contributed by atoms with Crippen LogP contribution in [0.15, 0.2) is 18.2 Å². The van der Waals surface area contributed by atoms with Crippen LogP contribution in [-0.2, 0) is 0 Å². The van der Waals surface area contributed by atoms with E-state index in [9.17, 15) is 4.39 Å². The molecule has 1 aliphatic carbocycles. The Labute approximate surface area is 114 Å². The Morgan fingerprint density at radius 2 is 2.16 bits per heavy atom. The fourth-order valence-electron chi connectivity index (χ4n) is 3.47. The summed E-state index contributed by atoms with van der Waals surface area (Å²) in [5.74, 6) is 0.546. The van der Waals surface area contributed by atoms with Crippen molar-refractivity contribution in [3.05, 3.63) is 29.6 Å². The summed E-state index contributed by atoms with van der Waals surface area (Å²) >= 11 is 0. The maximum Gasteiger partial charge on any atom is 0.127 e. The van der Waals surface area contributed by atoms with Crippen LogP contribution in [0.3, 0.4) is 0 Å². The average molecular weight is 263 g/mol. The SMILES string of the molecule is CCCNC1CC2(CCCC2)Oc2cc(F)ccc21. The summed E-state index contributed by atoms with van der Waals surface area (Å²) in [6.45, 7) is 3.17. The summed E-state index contributed by atoms with van der Waals surface area (Å²) in [5, 5.41) is 3.60. The Balaban J connectivity index is 1.91. The Hall–Kier alpha value is -1.09. The second-order valence-corrected chi connectivity index (χ2v) is 5.89. The van der Waals surface area contributed by atoms with Gasteiger partial charge in [-0.3, -0.25) is 0 Å². The molecule has 0 amide bonds. The first-order valence-corrected chi connectivity index (χ1v) is 7.44. The quantitative estimate of drug-likeness (QED) is 0.891. The van der Waals surface area contributed by atoms with Crippen LogP contribution in [0.5, 0.6) is 5.75 Å². The molecule has 1 aromatic carbocycles. The molecule has 1 atom stereocenters. The van der Waals surface area contributed by atoms with Crippen LogP contribution in [0.4, 0.5) is 4.39 Å². The van der Waals surface area contributed by atoms with E-state index in [1.807, 2.05) is 6.07 Å². The Morgan fingerprint density at radius 1 is 1.37 bits per heavy atom. The molecule has 3 rings (SSSR count). The van der Waals surface area contributed by atoms with Crippen LogP contribution in [0.25, 0.3) is 0 Å². The molecule has 1 fully saturated rings. The molecule has 1 unspecified atom stereocenters. The molecular weight excluding hydrogens is 241 g/mol. The van der Waals surface area contributed by atoms with Crippen LogP contribution >= 0.6 is 0 Å². The Morgan fingerprint density at radius 3 is 2.89 bits per heavy atom. The molecule has 0 saturated heterocycles. The highest BCUT2D eigenvalue weighted by Gasteiger charge is 2.42. The van der Waals surface area contributed by atoms with Crippen LogP contribution in [0.1, 0.15) is 57.1 Å². The smallest absolute Gasteiger partial charge is 0.127 e. The molecular formula is C16H22FNO. The van der Waals surface area contributed by atoms with E-state index in [0.29, 0.717) is 6.04 Å². The van der Waals surface area contributed by atoms with Crippen molar-refractivity contribution in [1.82, 2.24) is 5.32 Å². The van der Waals surface area contributed by atoms with Gasteiger partial charge in [0.2, 0.25) is 0 Å². The summed E-state index contributed by atoms with van der Waals surface area (Å²) in [7, 11) is 0. The first kappa shape index (κ1) is 12.9. The maximum absolute atomic E-state index is 13.4. The highest BCUT2D eigenvalue weighted by molar-refractivity contribution is 5.39. The van der Waals surface area contributed by atoms with Gasteiger partial charge in [-0.05, 0) is 44.7 Å². The molecule has 1 spiro atoms. The van der Waals surface area contributed by atoms with Crippen molar-refractivity contribution < 1.29 is 9.13 Å². The molecule has 2 aliphatic rings. The van der Waals surface area contributed by atoms with Gasteiger partial charge in [0.15, 0.2) is 0 Å². The van der Waals surface area contributed by atoms with Crippen molar-refractivity contribution in [2.45, 2.75) is 57.1 Å². The third-order valence-electron chi connectivity index (χ3n) is 4.41. The van der Waals surface area contributed by atoms with Gasteiger partial charge in [0.1, 0.15) is 17.2 Å². The predicted molar refractivity (Wildman–Crippen MR) is 73.9 cm³/mol. The van der Waals surface area contributed by atoms with Crippen LogP contribution in [0, 0.1) is 5.82 Å². The van der Waals surface area contributed by atoms with Crippen LogP contribution in [-0.4, -0.2) is 12.1 Å². The topological polar surface area (TPSA) is 21.3 Å². The number of ether oxygens (including phenoxy) is 1. The minimum atomic E-state index is -0.206. The van der Waals surface area contributed by atoms with Crippen molar-refractivity contribution in [3.63, 3.8) is 0 Å². The van der Waals surface area contributed by atoms with Crippen molar-refractivity contribution in [2.24, 2.45) is 0 Å². The van der Waals surface area contributed by atoms with E-state index in [2.05, 4.69) is 12.2 Å². The second-order valence-electron chi connectivity index (χ2n) is 5.89. The summed E-state index contributed by atoms with van der Waals surface area (Å²) in [6.07, 6.45) is 6.79. The van der Waals surface area contributed by atoms with E-state index < -0.39 is 0 Å². The zero-order chi connectivity index (χ0) is 13.3. The van der Waals surface area contributed by atoms with E-state index in [1.165, 1.54) is 18.9 Å².